The summed E-state index contributed by atoms with van der Waals surface area (Å²) in [7, 11) is 0. The molecule has 1 aromatic heterocycles. The SMILES string of the molecule is CSc1c(O)cc(C=O)c2ccsc12. The Labute approximate surface area is 89.6 Å². The van der Waals surface area contributed by atoms with Crippen molar-refractivity contribution in [1.29, 1.82) is 0 Å². The monoisotopic (exact) mass is 224 g/mol. The van der Waals surface area contributed by atoms with Crippen molar-refractivity contribution in [3.63, 3.8) is 0 Å². The van der Waals surface area contributed by atoms with Crippen LogP contribution in [0.2, 0.25) is 0 Å². The highest BCUT2D eigenvalue weighted by Gasteiger charge is 2.11. The number of hydrogen-bond acceptors (Lipinski definition) is 4. The van der Waals surface area contributed by atoms with E-state index in [1.165, 1.54) is 17.8 Å². The van der Waals surface area contributed by atoms with Crippen LogP contribution in [0.5, 0.6) is 5.75 Å². The van der Waals surface area contributed by atoms with Crippen molar-refractivity contribution in [2.24, 2.45) is 0 Å². The van der Waals surface area contributed by atoms with Gasteiger partial charge in [0.2, 0.25) is 0 Å². The molecule has 72 valence electrons. The molecule has 0 aliphatic carbocycles. The molecule has 0 unspecified atom stereocenters. The Morgan fingerprint density at radius 3 is 3.00 bits per heavy atom. The summed E-state index contributed by atoms with van der Waals surface area (Å²) in [6.07, 6.45) is 2.69. The second-order valence-electron chi connectivity index (χ2n) is 2.80. The molecule has 0 amide bonds. The molecule has 1 heterocycles. The topological polar surface area (TPSA) is 37.3 Å². The van der Waals surface area contributed by atoms with E-state index in [1.54, 1.807) is 11.3 Å². The highest BCUT2D eigenvalue weighted by Crippen LogP contribution is 2.39. The Hall–Kier alpha value is -1.000. The van der Waals surface area contributed by atoms with Gasteiger partial charge in [-0.15, -0.1) is 23.1 Å². The van der Waals surface area contributed by atoms with Crippen LogP contribution in [0.3, 0.4) is 0 Å². The molecule has 0 fully saturated rings. The molecule has 1 N–H and O–H groups in total. The Morgan fingerprint density at radius 1 is 1.57 bits per heavy atom. The summed E-state index contributed by atoms with van der Waals surface area (Å²) >= 11 is 3.04. The Morgan fingerprint density at radius 2 is 2.36 bits per heavy atom. The van der Waals surface area contributed by atoms with Gasteiger partial charge in [0, 0.05) is 10.9 Å². The van der Waals surface area contributed by atoms with Crippen LogP contribution in [-0.2, 0) is 0 Å². The highest BCUT2D eigenvalue weighted by atomic mass is 32.2. The minimum absolute atomic E-state index is 0.189. The van der Waals surface area contributed by atoms with Gasteiger partial charge in [-0.1, -0.05) is 0 Å². The number of carbonyl (C=O) groups excluding carboxylic acids is 1. The number of benzene rings is 1. The number of phenols is 1. The van der Waals surface area contributed by atoms with Gasteiger partial charge in [0.05, 0.1) is 9.60 Å². The first-order valence-electron chi connectivity index (χ1n) is 4.00. The molecule has 0 saturated carbocycles. The van der Waals surface area contributed by atoms with Gasteiger partial charge >= 0.3 is 0 Å². The normalized spacial score (nSPS) is 10.6. The van der Waals surface area contributed by atoms with Crippen LogP contribution in [-0.4, -0.2) is 17.6 Å². The lowest BCUT2D eigenvalue weighted by atomic mass is 10.1. The smallest absolute Gasteiger partial charge is 0.150 e. The number of thioether (sulfide) groups is 1. The third-order valence-corrected chi connectivity index (χ3v) is 3.92. The van der Waals surface area contributed by atoms with Crippen molar-refractivity contribution in [2.45, 2.75) is 4.90 Å². The molecular weight excluding hydrogens is 216 g/mol. The first-order valence-corrected chi connectivity index (χ1v) is 6.10. The van der Waals surface area contributed by atoms with E-state index >= 15 is 0 Å². The average Bonchev–Trinajstić information content (AvgIpc) is 2.65. The lowest BCUT2D eigenvalue weighted by molar-refractivity contribution is 0.112. The van der Waals surface area contributed by atoms with Gasteiger partial charge in [0.15, 0.2) is 6.29 Å². The van der Waals surface area contributed by atoms with Gasteiger partial charge < -0.3 is 5.11 Å². The third-order valence-electron chi connectivity index (χ3n) is 2.04. The van der Waals surface area contributed by atoms with Crippen LogP contribution in [0.4, 0.5) is 0 Å². The maximum Gasteiger partial charge on any atom is 0.150 e. The number of aromatic hydroxyl groups is 1. The van der Waals surface area contributed by atoms with E-state index < -0.39 is 0 Å². The summed E-state index contributed by atoms with van der Waals surface area (Å²) in [5, 5.41) is 12.5. The molecule has 0 bridgehead atoms. The molecule has 2 rings (SSSR count). The molecule has 0 aliphatic heterocycles. The quantitative estimate of drug-likeness (QED) is 0.629. The van der Waals surface area contributed by atoms with Gasteiger partial charge in [0.25, 0.3) is 0 Å². The van der Waals surface area contributed by atoms with Crippen LogP contribution >= 0.6 is 23.1 Å². The van der Waals surface area contributed by atoms with Crippen molar-refractivity contribution in [3.05, 3.63) is 23.1 Å². The Kier molecular flexibility index (Phi) is 2.48. The zero-order chi connectivity index (χ0) is 10.1. The van der Waals surface area contributed by atoms with E-state index in [1.807, 2.05) is 17.7 Å². The number of phenolic OH excluding ortho intramolecular Hbond substituents is 1. The van der Waals surface area contributed by atoms with Crippen LogP contribution < -0.4 is 0 Å². The molecule has 0 radical (unpaired) electrons. The zero-order valence-corrected chi connectivity index (χ0v) is 9.11. The minimum Gasteiger partial charge on any atom is -0.507 e. The molecular formula is C10H8O2S2. The molecule has 2 aromatic rings. The summed E-state index contributed by atoms with van der Waals surface area (Å²) in [6, 6.07) is 3.43. The van der Waals surface area contributed by atoms with E-state index in [0.717, 1.165) is 21.3 Å². The summed E-state index contributed by atoms with van der Waals surface area (Å²) < 4.78 is 0.986. The predicted octanol–water partition coefficient (Wildman–Crippen LogP) is 3.14. The van der Waals surface area contributed by atoms with Gasteiger partial charge in [-0.3, -0.25) is 4.79 Å². The van der Waals surface area contributed by atoms with Gasteiger partial charge in [-0.2, -0.15) is 0 Å². The molecule has 0 atom stereocenters. The molecule has 0 spiro atoms. The Balaban J connectivity index is 2.88. The lowest BCUT2D eigenvalue weighted by Crippen LogP contribution is -1.83. The van der Waals surface area contributed by atoms with E-state index in [2.05, 4.69) is 0 Å². The van der Waals surface area contributed by atoms with Crippen molar-refractivity contribution < 1.29 is 9.90 Å². The summed E-state index contributed by atoms with van der Waals surface area (Å²) in [6.45, 7) is 0. The number of hydrogen-bond donors (Lipinski definition) is 1. The van der Waals surface area contributed by atoms with Gasteiger partial charge in [0.1, 0.15) is 5.75 Å². The first kappa shape index (κ1) is 9.55. The molecule has 1 aromatic carbocycles. The van der Waals surface area contributed by atoms with Crippen molar-refractivity contribution >= 4 is 39.5 Å². The van der Waals surface area contributed by atoms with Crippen LogP contribution in [0, 0.1) is 0 Å². The fourth-order valence-electron chi connectivity index (χ4n) is 1.41. The van der Waals surface area contributed by atoms with Crippen LogP contribution in [0.1, 0.15) is 10.4 Å². The Bertz CT molecular complexity index is 488. The fourth-order valence-corrected chi connectivity index (χ4v) is 3.24. The second kappa shape index (κ2) is 3.63. The third kappa shape index (κ3) is 1.31. The second-order valence-corrected chi connectivity index (χ2v) is 4.53. The van der Waals surface area contributed by atoms with Crippen molar-refractivity contribution in [2.75, 3.05) is 6.26 Å². The van der Waals surface area contributed by atoms with E-state index in [-0.39, 0.29) is 5.75 Å². The zero-order valence-electron chi connectivity index (χ0n) is 7.48. The summed E-state index contributed by atoms with van der Waals surface area (Å²) in [4.78, 5) is 11.6. The molecule has 4 heteroatoms. The molecule has 2 nitrogen and oxygen atoms in total. The largest absolute Gasteiger partial charge is 0.507 e. The van der Waals surface area contributed by atoms with Crippen LogP contribution in [0.15, 0.2) is 22.4 Å². The number of thiophene rings is 1. The minimum atomic E-state index is 0.189. The van der Waals surface area contributed by atoms with Crippen molar-refractivity contribution in [1.82, 2.24) is 0 Å². The predicted molar refractivity (Wildman–Crippen MR) is 60.7 cm³/mol. The van der Waals surface area contributed by atoms with E-state index in [4.69, 9.17) is 0 Å². The maximum absolute atomic E-state index is 10.8. The highest BCUT2D eigenvalue weighted by molar-refractivity contribution is 7.99. The lowest BCUT2D eigenvalue weighted by Gasteiger charge is -2.04. The molecule has 0 aliphatic rings. The molecule has 14 heavy (non-hydrogen) atoms. The number of carbonyl (C=O) groups is 1. The van der Waals surface area contributed by atoms with E-state index in [9.17, 15) is 9.90 Å². The fraction of sp³-hybridized carbons (Fsp3) is 0.100. The van der Waals surface area contributed by atoms with Gasteiger partial charge in [-0.05, 0) is 23.8 Å². The maximum atomic E-state index is 10.8. The van der Waals surface area contributed by atoms with Crippen LogP contribution in [0.25, 0.3) is 10.1 Å². The van der Waals surface area contributed by atoms with E-state index in [0.29, 0.717) is 5.56 Å². The first-order chi connectivity index (χ1) is 6.77. The van der Waals surface area contributed by atoms with Gasteiger partial charge in [-0.25, -0.2) is 0 Å². The summed E-state index contributed by atoms with van der Waals surface area (Å²) in [5.74, 6) is 0.189. The molecule has 0 saturated heterocycles. The number of fused-ring (bicyclic) bond motifs is 1. The standard InChI is InChI=1S/C10H8O2S2/c1-13-10-8(12)4-6(5-11)7-2-3-14-9(7)10/h2-5,12H,1H3. The van der Waals surface area contributed by atoms with Crippen molar-refractivity contribution in [3.8, 4) is 5.75 Å². The number of aldehydes is 1. The number of rotatable bonds is 2. The average molecular weight is 224 g/mol. The summed E-state index contributed by atoms with van der Waals surface area (Å²) in [5.41, 5.74) is 0.552.